The van der Waals surface area contributed by atoms with E-state index < -0.39 is 16.2 Å². The lowest BCUT2D eigenvalue weighted by Gasteiger charge is -2.23. The topological polar surface area (TPSA) is 92.5 Å². The van der Waals surface area contributed by atoms with Gasteiger partial charge in [-0.15, -0.1) is 0 Å². The van der Waals surface area contributed by atoms with Crippen molar-refractivity contribution in [2.75, 3.05) is 4.31 Å². The fourth-order valence-electron chi connectivity index (χ4n) is 1.73. The second-order valence-corrected chi connectivity index (χ2v) is 5.43. The summed E-state index contributed by atoms with van der Waals surface area (Å²) in [5.41, 5.74) is 5.71. The number of carbonyl (C=O) groups is 1. The average Bonchev–Trinajstić information content (AvgIpc) is 2.39. The van der Waals surface area contributed by atoms with E-state index in [-0.39, 0.29) is 0 Å². The summed E-state index contributed by atoms with van der Waals surface area (Å²) in [5.74, 6) is 0. The van der Waals surface area contributed by atoms with Crippen LogP contribution in [0.2, 0.25) is 0 Å². The van der Waals surface area contributed by atoms with Crippen molar-refractivity contribution in [1.29, 1.82) is 0 Å². The molecule has 0 heterocycles. The van der Waals surface area contributed by atoms with Gasteiger partial charge in [-0.2, -0.15) is 8.42 Å². The number of primary amides is 1. The number of hydrogen-bond donors (Lipinski definition) is 2. The molecule has 0 saturated heterocycles. The van der Waals surface area contributed by atoms with Crippen molar-refractivity contribution in [1.82, 2.24) is 4.72 Å². The first-order chi connectivity index (χ1) is 9.50. The quantitative estimate of drug-likeness (QED) is 0.898. The van der Waals surface area contributed by atoms with Crippen molar-refractivity contribution < 1.29 is 13.2 Å². The van der Waals surface area contributed by atoms with Crippen LogP contribution in [0.15, 0.2) is 60.7 Å². The first-order valence-electron chi connectivity index (χ1n) is 5.73. The number of hydrogen-bond acceptors (Lipinski definition) is 3. The van der Waals surface area contributed by atoms with Gasteiger partial charge in [-0.05, 0) is 24.3 Å². The van der Waals surface area contributed by atoms with Gasteiger partial charge in [0.05, 0.1) is 11.4 Å². The summed E-state index contributed by atoms with van der Waals surface area (Å²) < 4.78 is 27.3. The summed E-state index contributed by atoms with van der Waals surface area (Å²) in [6.07, 6.45) is 0. The smallest absolute Gasteiger partial charge is 0.331 e. The van der Waals surface area contributed by atoms with E-state index in [4.69, 9.17) is 5.73 Å². The number of amides is 2. The predicted molar refractivity (Wildman–Crippen MR) is 76.7 cm³/mol. The third kappa shape index (κ3) is 3.07. The highest BCUT2D eigenvalue weighted by Crippen LogP contribution is 2.27. The molecule has 0 aliphatic carbocycles. The summed E-state index contributed by atoms with van der Waals surface area (Å²) in [6.45, 7) is 0. The van der Waals surface area contributed by atoms with Crippen LogP contribution in [0.25, 0.3) is 0 Å². The van der Waals surface area contributed by atoms with E-state index in [0.29, 0.717) is 11.4 Å². The monoisotopic (exact) mass is 291 g/mol. The SMILES string of the molecule is NC(=O)NS(=O)(=O)N(c1ccccc1)c1ccccc1. The highest BCUT2D eigenvalue weighted by atomic mass is 32.2. The van der Waals surface area contributed by atoms with E-state index in [1.807, 2.05) is 0 Å². The normalized spacial score (nSPS) is 10.8. The number of benzene rings is 2. The minimum atomic E-state index is -4.12. The fraction of sp³-hybridized carbons (Fsp3) is 0. The van der Waals surface area contributed by atoms with E-state index in [0.717, 1.165) is 4.31 Å². The largest absolute Gasteiger partial charge is 0.351 e. The summed E-state index contributed by atoms with van der Waals surface area (Å²) >= 11 is 0. The van der Waals surface area contributed by atoms with Crippen molar-refractivity contribution >= 4 is 27.6 Å². The summed E-state index contributed by atoms with van der Waals surface area (Å²) in [7, 11) is -4.12. The van der Waals surface area contributed by atoms with Crippen molar-refractivity contribution in [3.05, 3.63) is 60.7 Å². The molecule has 0 aliphatic rings. The zero-order chi connectivity index (χ0) is 14.6. The van der Waals surface area contributed by atoms with Crippen LogP contribution in [-0.2, 0) is 10.2 Å². The zero-order valence-electron chi connectivity index (χ0n) is 10.4. The van der Waals surface area contributed by atoms with Crippen LogP contribution in [0.4, 0.5) is 16.2 Å². The summed E-state index contributed by atoms with van der Waals surface area (Å²) in [5, 5.41) is 0. The molecule has 0 radical (unpaired) electrons. The molecule has 7 heteroatoms. The molecule has 104 valence electrons. The lowest BCUT2D eigenvalue weighted by Crippen LogP contribution is -2.43. The number of nitrogens with two attached hydrogens (primary N) is 1. The van der Waals surface area contributed by atoms with Gasteiger partial charge in [-0.1, -0.05) is 36.4 Å². The van der Waals surface area contributed by atoms with Gasteiger partial charge in [-0.3, -0.25) is 0 Å². The third-order valence-electron chi connectivity index (χ3n) is 2.45. The molecule has 2 aromatic rings. The number of nitrogens with zero attached hydrogens (tertiary/aromatic N) is 1. The van der Waals surface area contributed by atoms with Gasteiger partial charge in [0, 0.05) is 0 Å². The van der Waals surface area contributed by atoms with Gasteiger partial charge < -0.3 is 5.73 Å². The number of rotatable bonds is 4. The fourth-order valence-corrected chi connectivity index (χ4v) is 2.87. The molecule has 3 N–H and O–H groups in total. The van der Waals surface area contributed by atoms with E-state index in [9.17, 15) is 13.2 Å². The predicted octanol–water partition coefficient (Wildman–Crippen LogP) is 1.74. The number of urea groups is 1. The molecule has 0 unspecified atom stereocenters. The van der Waals surface area contributed by atoms with Crippen LogP contribution >= 0.6 is 0 Å². The number of carbonyl (C=O) groups excluding carboxylic acids is 1. The number of nitrogens with one attached hydrogen (secondary N) is 1. The Bertz CT molecular complexity index is 648. The van der Waals surface area contributed by atoms with Gasteiger partial charge in [0.15, 0.2) is 0 Å². The Morgan fingerprint density at radius 1 is 0.900 bits per heavy atom. The van der Waals surface area contributed by atoms with Gasteiger partial charge in [0.25, 0.3) is 0 Å². The van der Waals surface area contributed by atoms with Crippen LogP contribution in [-0.4, -0.2) is 14.4 Å². The van der Waals surface area contributed by atoms with E-state index >= 15 is 0 Å². The zero-order valence-corrected chi connectivity index (χ0v) is 11.2. The molecule has 2 rings (SSSR count). The second kappa shape index (κ2) is 5.62. The molecule has 20 heavy (non-hydrogen) atoms. The maximum atomic E-state index is 12.3. The maximum absolute atomic E-state index is 12.3. The molecule has 0 atom stereocenters. The molecule has 6 nitrogen and oxygen atoms in total. The van der Waals surface area contributed by atoms with Crippen molar-refractivity contribution in [3.8, 4) is 0 Å². The summed E-state index contributed by atoms with van der Waals surface area (Å²) in [4.78, 5) is 10.9. The first-order valence-corrected chi connectivity index (χ1v) is 7.17. The Morgan fingerprint density at radius 2 is 1.30 bits per heavy atom. The highest BCUT2D eigenvalue weighted by molar-refractivity contribution is 7.91. The van der Waals surface area contributed by atoms with Crippen LogP contribution in [0.5, 0.6) is 0 Å². The Kier molecular flexibility index (Phi) is 3.90. The van der Waals surface area contributed by atoms with Gasteiger partial charge in [0.1, 0.15) is 0 Å². The lowest BCUT2D eigenvalue weighted by molar-refractivity contribution is 0.253. The number of para-hydroxylation sites is 2. The standard InChI is InChI=1S/C13H13N3O3S/c14-13(17)15-20(18,19)16(11-7-3-1-4-8-11)12-9-5-2-6-10-12/h1-10H,(H3,14,15,17). The molecule has 0 aromatic heterocycles. The molecular formula is C13H13N3O3S. The third-order valence-corrected chi connectivity index (χ3v) is 3.81. The van der Waals surface area contributed by atoms with Crippen LogP contribution < -0.4 is 14.8 Å². The minimum Gasteiger partial charge on any atom is -0.351 e. The minimum absolute atomic E-state index is 0.396. The van der Waals surface area contributed by atoms with E-state index in [1.165, 1.54) is 0 Å². The molecule has 2 aromatic carbocycles. The van der Waals surface area contributed by atoms with E-state index in [1.54, 1.807) is 65.4 Å². The molecule has 0 fully saturated rings. The van der Waals surface area contributed by atoms with Crippen molar-refractivity contribution in [2.24, 2.45) is 5.73 Å². The molecule has 0 aliphatic heterocycles. The Balaban J connectivity index is 2.54. The van der Waals surface area contributed by atoms with Crippen molar-refractivity contribution in [2.45, 2.75) is 0 Å². The van der Waals surface area contributed by atoms with Gasteiger partial charge in [-0.25, -0.2) is 13.8 Å². The molecule has 0 bridgehead atoms. The van der Waals surface area contributed by atoms with Crippen LogP contribution in [0.1, 0.15) is 0 Å². The summed E-state index contributed by atoms with van der Waals surface area (Å²) in [6, 6.07) is 15.7. The second-order valence-electron chi connectivity index (χ2n) is 3.91. The van der Waals surface area contributed by atoms with Gasteiger partial charge >= 0.3 is 16.2 Å². The van der Waals surface area contributed by atoms with Crippen LogP contribution in [0, 0.1) is 0 Å². The average molecular weight is 291 g/mol. The Labute approximate surface area is 117 Å². The van der Waals surface area contributed by atoms with Gasteiger partial charge in [0.2, 0.25) is 0 Å². The lowest BCUT2D eigenvalue weighted by atomic mass is 10.3. The van der Waals surface area contributed by atoms with Crippen LogP contribution in [0.3, 0.4) is 0 Å². The molecule has 2 amide bonds. The highest BCUT2D eigenvalue weighted by Gasteiger charge is 2.25. The first kappa shape index (κ1) is 13.9. The Hall–Kier alpha value is -2.54. The molecule has 0 saturated carbocycles. The Morgan fingerprint density at radius 3 is 1.65 bits per heavy atom. The molecular weight excluding hydrogens is 278 g/mol. The number of anilines is 2. The maximum Gasteiger partial charge on any atom is 0.331 e. The molecule has 0 spiro atoms. The van der Waals surface area contributed by atoms with E-state index in [2.05, 4.69) is 0 Å². The van der Waals surface area contributed by atoms with Crippen molar-refractivity contribution in [3.63, 3.8) is 0 Å².